The van der Waals surface area contributed by atoms with Crippen LogP contribution in [0.1, 0.15) is 23.5 Å². The fourth-order valence-electron chi connectivity index (χ4n) is 2.87. The van der Waals surface area contributed by atoms with Crippen molar-refractivity contribution < 1.29 is 23.4 Å². The lowest BCUT2D eigenvalue weighted by Crippen LogP contribution is -2.08. The Morgan fingerprint density at radius 2 is 2.00 bits per heavy atom. The van der Waals surface area contributed by atoms with Crippen molar-refractivity contribution in [3.05, 3.63) is 59.4 Å². The van der Waals surface area contributed by atoms with Crippen molar-refractivity contribution in [1.29, 1.82) is 0 Å². The Morgan fingerprint density at radius 1 is 1.17 bits per heavy atom. The molecule has 0 saturated heterocycles. The van der Waals surface area contributed by atoms with E-state index in [1.807, 2.05) is 6.07 Å². The van der Waals surface area contributed by atoms with Crippen molar-refractivity contribution in [2.75, 3.05) is 6.79 Å². The fraction of sp³-hybridized carbons (Fsp3) is 0.278. The summed E-state index contributed by atoms with van der Waals surface area (Å²) >= 11 is 0. The zero-order valence-corrected chi connectivity index (χ0v) is 12.3. The molecule has 2 aliphatic rings. The molecule has 5 heteroatoms. The molecule has 0 radical (unpaired) electrons. The molecule has 0 bridgehead atoms. The summed E-state index contributed by atoms with van der Waals surface area (Å²) in [4.78, 5) is 12.1. The number of esters is 1. The Morgan fingerprint density at radius 3 is 2.87 bits per heavy atom. The largest absolute Gasteiger partial charge is 0.461 e. The normalized spacial score (nSPS) is 21.1. The lowest BCUT2D eigenvalue weighted by molar-refractivity contribution is -0.146. The van der Waals surface area contributed by atoms with Gasteiger partial charge in [0.2, 0.25) is 6.79 Å². The lowest BCUT2D eigenvalue weighted by atomic mass is 10.1. The van der Waals surface area contributed by atoms with E-state index in [4.69, 9.17) is 14.2 Å². The van der Waals surface area contributed by atoms with Crippen LogP contribution in [0.4, 0.5) is 4.39 Å². The van der Waals surface area contributed by atoms with Crippen LogP contribution in [-0.4, -0.2) is 12.8 Å². The van der Waals surface area contributed by atoms with Crippen molar-refractivity contribution in [3.8, 4) is 11.5 Å². The van der Waals surface area contributed by atoms with Crippen LogP contribution >= 0.6 is 0 Å². The average Bonchev–Trinajstić information content (AvgIpc) is 3.22. The van der Waals surface area contributed by atoms with Crippen LogP contribution in [0.15, 0.2) is 42.5 Å². The summed E-state index contributed by atoms with van der Waals surface area (Å²) in [7, 11) is 0. The molecule has 0 spiro atoms. The van der Waals surface area contributed by atoms with Gasteiger partial charge < -0.3 is 14.2 Å². The van der Waals surface area contributed by atoms with Gasteiger partial charge in [-0.15, -0.1) is 0 Å². The highest BCUT2D eigenvalue weighted by Crippen LogP contribution is 2.49. The Kier molecular flexibility index (Phi) is 3.41. The van der Waals surface area contributed by atoms with Gasteiger partial charge in [-0.25, -0.2) is 4.39 Å². The van der Waals surface area contributed by atoms with Crippen molar-refractivity contribution in [2.24, 2.45) is 5.92 Å². The molecular weight excluding hydrogens is 299 g/mol. The Hall–Kier alpha value is -2.56. The van der Waals surface area contributed by atoms with Crippen LogP contribution in [-0.2, 0) is 16.1 Å². The van der Waals surface area contributed by atoms with Gasteiger partial charge >= 0.3 is 5.97 Å². The van der Waals surface area contributed by atoms with E-state index >= 15 is 0 Å². The van der Waals surface area contributed by atoms with Gasteiger partial charge in [-0.1, -0.05) is 24.3 Å². The number of carbonyl (C=O) groups excluding carboxylic acids is 1. The van der Waals surface area contributed by atoms with E-state index in [0.717, 1.165) is 5.56 Å². The molecule has 1 aliphatic heterocycles. The van der Waals surface area contributed by atoms with E-state index in [0.29, 0.717) is 23.5 Å². The molecular formula is C18H15FO4. The minimum atomic E-state index is -0.282. The molecule has 2 atom stereocenters. The summed E-state index contributed by atoms with van der Waals surface area (Å²) in [6, 6.07) is 12.0. The van der Waals surface area contributed by atoms with E-state index in [-0.39, 0.29) is 37.0 Å². The van der Waals surface area contributed by atoms with Gasteiger partial charge in [-0.05, 0) is 35.7 Å². The van der Waals surface area contributed by atoms with E-state index in [9.17, 15) is 9.18 Å². The highest BCUT2D eigenvalue weighted by molar-refractivity contribution is 5.77. The van der Waals surface area contributed by atoms with Crippen LogP contribution in [0.5, 0.6) is 11.5 Å². The van der Waals surface area contributed by atoms with Crippen molar-refractivity contribution in [3.63, 3.8) is 0 Å². The number of hydrogen-bond acceptors (Lipinski definition) is 4. The van der Waals surface area contributed by atoms with Crippen LogP contribution < -0.4 is 9.47 Å². The summed E-state index contributed by atoms with van der Waals surface area (Å²) in [5.74, 6) is 0.497. The molecule has 0 N–H and O–H groups in total. The van der Waals surface area contributed by atoms with Crippen molar-refractivity contribution in [2.45, 2.75) is 18.9 Å². The van der Waals surface area contributed by atoms with Gasteiger partial charge in [0.1, 0.15) is 12.4 Å². The van der Waals surface area contributed by atoms with Crippen LogP contribution in [0.3, 0.4) is 0 Å². The number of hydrogen-bond donors (Lipinski definition) is 0. The van der Waals surface area contributed by atoms with Crippen molar-refractivity contribution >= 4 is 5.97 Å². The number of ether oxygens (including phenoxy) is 3. The summed E-state index contributed by atoms with van der Waals surface area (Å²) in [6.07, 6.45) is 0.640. The number of carbonyl (C=O) groups is 1. The van der Waals surface area contributed by atoms with E-state index in [1.54, 1.807) is 30.3 Å². The summed E-state index contributed by atoms with van der Waals surface area (Å²) in [6.45, 7) is 0.390. The minimum absolute atomic E-state index is 0.0690. The van der Waals surface area contributed by atoms with E-state index in [1.165, 1.54) is 6.07 Å². The smallest absolute Gasteiger partial charge is 0.309 e. The standard InChI is InChI=1S/C18H15FO4/c19-15-4-2-1-3-12(15)13-8-14(13)18(20)21-9-11-5-6-16-17(7-11)23-10-22-16/h1-7,13-14H,8-10H2. The second-order valence-corrected chi connectivity index (χ2v) is 5.77. The average molecular weight is 314 g/mol. The number of fused-ring (bicyclic) bond motifs is 1. The first-order valence-electron chi connectivity index (χ1n) is 7.52. The highest BCUT2D eigenvalue weighted by Gasteiger charge is 2.46. The first kappa shape index (κ1) is 14.1. The molecule has 4 nitrogen and oxygen atoms in total. The summed E-state index contributed by atoms with van der Waals surface area (Å²) in [5.41, 5.74) is 1.43. The number of halogens is 1. The van der Waals surface area contributed by atoms with Gasteiger partial charge in [0.25, 0.3) is 0 Å². The molecule has 118 valence electrons. The van der Waals surface area contributed by atoms with Gasteiger partial charge in [-0.2, -0.15) is 0 Å². The van der Waals surface area contributed by atoms with E-state index < -0.39 is 0 Å². The number of benzene rings is 2. The second kappa shape index (κ2) is 5.57. The van der Waals surface area contributed by atoms with Gasteiger partial charge in [-0.3, -0.25) is 4.79 Å². The molecule has 0 aromatic heterocycles. The molecule has 1 saturated carbocycles. The molecule has 4 rings (SSSR count). The maximum atomic E-state index is 13.7. The molecule has 0 amide bonds. The monoisotopic (exact) mass is 314 g/mol. The van der Waals surface area contributed by atoms with Crippen LogP contribution in [0.2, 0.25) is 0 Å². The molecule has 1 fully saturated rings. The Labute approximate surface area is 132 Å². The maximum absolute atomic E-state index is 13.7. The minimum Gasteiger partial charge on any atom is -0.461 e. The molecule has 1 aliphatic carbocycles. The molecule has 2 aromatic rings. The van der Waals surface area contributed by atoms with E-state index in [2.05, 4.69) is 0 Å². The highest BCUT2D eigenvalue weighted by atomic mass is 19.1. The quantitative estimate of drug-likeness (QED) is 0.811. The third-order valence-electron chi connectivity index (χ3n) is 4.22. The summed E-state index contributed by atoms with van der Waals surface area (Å²) < 4.78 is 29.6. The van der Waals surface area contributed by atoms with Crippen molar-refractivity contribution in [1.82, 2.24) is 0 Å². The zero-order chi connectivity index (χ0) is 15.8. The predicted molar refractivity (Wildman–Crippen MR) is 79.6 cm³/mol. The van der Waals surface area contributed by atoms with Gasteiger partial charge in [0.05, 0.1) is 5.92 Å². The lowest BCUT2D eigenvalue weighted by Gasteiger charge is -2.06. The molecule has 2 unspecified atom stereocenters. The topological polar surface area (TPSA) is 44.8 Å². The predicted octanol–water partition coefficient (Wildman–Crippen LogP) is 3.40. The number of rotatable bonds is 4. The first-order valence-corrected chi connectivity index (χ1v) is 7.52. The third kappa shape index (κ3) is 2.74. The SMILES string of the molecule is O=C(OCc1ccc2c(c1)OCO2)C1CC1c1ccccc1F. The Bertz CT molecular complexity index is 758. The van der Waals surface area contributed by atoms with Gasteiger partial charge in [0, 0.05) is 5.92 Å². The first-order chi connectivity index (χ1) is 11.2. The molecule has 2 aromatic carbocycles. The maximum Gasteiger partial charge on any atom is 0.309 e. The zero-order valence-electron chi connectivity index (χ0n) is 12.3. The van der Waals surface area contributed by atoms with Gasteiger partial charge in [0.15, 0.2) is 11.5 Å². The molecule has 23 heavy (non-hydrogen) atoms. The Balaban J connectivity index is 1.36. The fourth-order valence-corrected chi connectivity index (χ4v) is 2.87. The second-order valence-electron chi connectivity index (χ2n) is 5.77. The van der Waals surface area contributed by atoms with Crippen LogP contribution in [0, 0.1) is 11.7 Å². The van der Waals surface area contributed by atoms with Crippen LogP contribution in [0.25, 0.3) is 0 Å². The third-order valence-corrected chi connectivity index (χ3v) is 4.22. The molecule has 1 heterocycles. The summed E-state index contributed by atoms with van der Waals surface area (Å²) in [5, 5.41) is 0.